The van der Waals surface area contributed by atoms with Crippen LogP contribution < -0.4 is 10.2 Å². The third-order valence-corrected chi connectivity index (χ3v) is 5.90. The minimum atomic E-state index is 0.921. The summed E-state index contributed by atoms with van der Waals surface area (Å²) in [5.41, 5.74) is 2.79. The number of nitrogens with zero attached hydrogens (tertiary/aromatic N) is 1. The van der Waals surface area contributed by atoms with Crippen LogP contribution in [0.5, 0.6) is 0 Å². The second kappa shape index (κ2) is 6.70. The first-order chi connectivity index (χ1) is 10.2. The average Bonchev–Trinajstić information content (AvgIpc) is 3.07. The second-order valence-electron chi connectivity index (χ2n) is 6.87. The number of benzene rings is 1. The zero-order valence-electron chi connectivity index (χ0n) is 13.2. The van der Waals surface area contributed by atoms with Gasteiger partial charge in [0.05, 0.1) is 0 Å². The molecule has 2 aliphatic rings. The van der Waals surface area contributed by atoms with Crippen LogP contribution in [-0.4, -0.2) is 20.1 Å². The van der Waals surface area contributed by atoms with Crippen molar-refractivity contribution in [1.82, 2.24) is 5.32 Å². The van der Waals surface area contributed by atoms with Crippen LogP contribution in [0.2, 0.25) is 0 Å². The third-order valence-electron chi connectivity index (χ3n) is 5.41. The van der Waals surface area contributed by atoms with Crippen LogP contribution in [0, 0.1) is 17.8 Å². The number of nitrogens with one attached hydrogen (secondary N) is 1. The fourth-order valence-corrected chi connectivity index (χ4v) is 4.79. The van der Waals surface area contributed by atoms with Gasteiger partial charge < -0.3 is 10.2 Å². The van der Waals surface area contributed by atoms with Crippen molar-refractivity contribution in [2.75, 3.05) is 25.0 Å². The average molecular weight is 351 g/mol. The normalized spacial score (nSPS) is 27.3. The van der Waals surface area contributed by atoms with Crippen molar-refractivity contribution in [3.63, 3.8) is 0 Å². The highest BCUT2D eigenvalue weighted by Gasteiger charge is 2.39. The van der Waals surface area contributed by atoms with Gasteiger partial charge in [0.1, 0.15) is 0 Å². The van der Waals surface area contributed by atoms with Crippen molar-refractivity contribution in [3.05, 3.63) is 28.2 Å². The third kappa shape index (κ3) is 3.45. The van der Waals surface area contributed by atoms with Gasteiger partial charge in [-0.3, -0.25) is 0 Å². The molecular weight excluding hydrogens is 324 g/mol. The quantitative estimate of drug-likeness (QED) is 0.816. The van der Waals surface area contributed by atoms with E-state index < -0.39 is 0 Å². The van der Waals surface area contributed by atoms with Crippen molar-refractivity contribution in [2.24, 2.45) is 17.8 Å². The molecule has 1 aromatic rings. The molecule has 2 aliphatic carbocycles. The molecule has 2 nitrogen and oxygen atoms in total. The van der Waals surface area contributed by atoms with E-state index in [0.29, 0.717) is 0 Å². The van der Waals surface area contributed by atoms with Crippen molar-refractivity contribution in [1.29, 1.82) is 0 Å². The van der Waals surface area contributed by atoms with Gasteiger partial charge in [0.15, 0.2) is 0 Å². The van der Waals surface area contributed by atoms with E-state index in [-0.39, 0.29) is 0 Å². The molecule has 2 saturated carbocycles. The summed E-state index contributed by atoms with van der Waals surface area (Å²) in [5, 5.41) is 3.46. The number of hydrogen-bond acceptors (Lipinski definition) is 2. The van der Waals surface area contributed by atoms with E-state index in [1.54, 1.807) is 0 Å². The Kier molecular flexibility index (Phi) is 4.90. The molecule has 0 aromatic heterocycles. The molecule has 3 unspecified atom stereocenters. The van der Waals surface area contributed by atoms with E-state index in [2.05, 4.69) is 58.3 Å². The van der Waals surface area contributed by atoms with E-state index in [1.165, 1.54) is 48.0 Å². The van der Waals surface area contributed by atoms with Gasteiger partial charge in [-0.2, -0.15) is 0 Å². The molecule has 21 heavy (non-hydrogen) atoms. The van der Waals surface area contributed by atoms with Gasteiger partial charge in [-0.05, 0) is 67.3 Å². The molecule has 2 fully saturated rings. The molecular formula is C18H27BrN2. The molecule has 3 rings (SSSR count). The Bertz CT molecular complexity index is 488. The van der Waals surface area contributed by atoms with Gasteiger partial charge in [0.2, 0.25) is 0 Å². The van der Waals surface area contributed by atoms with Crippen LogP contribution in [0.15, 0.2) is 22.7 Å². The lowest BCUT2D eigenvalue weighted by Crippen LogP contribution is -2.29. The molecule has 0 radical (unpaired) electrons. The summed E-state index contributed by atoms with van der Waals surface area (Å²) in [6, 6.07) is 6.70. The van der Waals surface area contributed by atoms with E-state index in [0.717, 1.165) is 30.8 Å². The lowest BCUT2D eigenvalue weighted by atomic mass is 9.88. The smallest absolute Gasteiger partial charge is 0.0410 e. The number of anilines is 1. The lowest BCUT2D eigenvalue weighted by Gasteiger charge is -2.30. The van der Waals surface area contributed by atoms with Crippen molar-refractivity contribution in [3.8, 4) is 0 Å². The Balaban J connectivity index is 1.69. The Morgan fingerprint density at radius 1 is 1.29 bits per heavy atom. The minimum Gasteiger partial charge on any atom is -0.374 e. The van der Waals surface area contributed by atoms with Gasteiger partial charge in [-0.1, -0.05) is 29.3 Å². The maximum atomic E-state index is 3.61. The Morgan fingerprint density at radius 3 is 2.81 bits per heavy atom. The molecule has 0 spiro atoms. The SMILES string of the molecule is CCNCc1cc(Br)ccc1N(C)CC1CC2CCC1C2. The molecule has 116 valence electrons. The summed E-state index contributed by atoms with van der Waals surface area (Å²) in [6.45, 7) is 5.35. The maximum Gasteiger partial charge on any atom is 0.0410 e. The molecule has 3 atom stereocenters. The van der Waals surface area contributed by atoms with Gasteiger partial charge in [-0.25, -0.2) is 0 Å². The van der Waals surface area contributed by atoms with E-state index in [9.17, 15) is 0 Å². The topological polar surface area (TPSA) is 15.3 Å². The first kappa shape index (κ1) is 15.4. The molecule has 0 aliphatic heterocycles. The van der Waals surface area contributed by atoms with E-state index >= 15 is 0 Å². The highest BCUT2D eigenvalue weighted by molar-refractivity contribution is 9.10. The number of rotatable bonds is 6. The van der Waals surface area contributed by atoms with Crippen LogP contribution in [0.25, 0.3) is 0 Å². The molecule has 2 bridgehead atoms. The van der Waals surface area contributed by atoms with Crippen molar-refractivity contribution in [2.45, 2.75) is 39.2 Å². The number of fused-ring (bicyclic) bond motifs is 2. The van der Waals surface area contributed by atoms with Crippen LogP contribution in [-0.2, 0) is 6.54 Å². The van der Waals surface area contributed by atoms with Crippen LogP contribution in [0.4, 0.5) is 5.69 Å². The first-order valence-electron chi connectivity index (χ1n) is 8.37. The fraction of sp³-hybridized carbons (Fsp3) is 0.667. The summed E-state index contributed by atoms with van der Waals surface area (Å²) in [4.78, 5) is 2.49. The standard InChI is InChI=1S/C18H27BrN2/c1-3-20-11-15-10-17(19)6-7-18(15)21(2)12-16-9-13-4-5-14(16)8-13/h6-7,10,13-14,16,20H,3-5,8-9,11-12H2,1-2H3. The second-order valence-corrected chi connectivity index (χ2v) is 7.78. The highest BCUT2D eigenvalue weighted by atomic mass is 79.9. The molecule has 0 heterocycles. The largest absolute Gasteiger partial charge is 0.374 e. The highest BCUT2D eigenvalue weighted by Crippen LogP contribution is 2.48. The van der Waals surface area contributed by atoms with Gasteiger partial charge in [0, 0.05) is 30.3 Å². The molecule has 3 heteroatoms. The Hall–Kier alpha value is -0.540. The van der Waals surface area contributed by atoms with Crippen molar-refractivity contribution >= 4 is 21.6 Å². The summed E-state index contributed by atoms with van der Waals surface area (Å²) in [7, 11) is 2.27. The molecule has 1 aromatic carbocycles. The monoisotopic (exact) mass is 350 g/mol. The van der Waals surface area contributed by atoms with Crippen LogP contribution in [0.3, 0.4) is 0 Å². The van der Waals surface area contributed by atoms with Crippen LogP contribution >= 0.6 is 15.9 Å². The van der Waals surface area contributed by atoms with Crippen molar-refractivity contribution < 1.29 is 0 Å². The summed E-state index contributed by atoms with van der Waals surface area (Å²) >= 11 is 3.61. The van der Waals surface area contributed by atoms with E-state index in [4.69, 9.17) is 0 Å². The zero-order valence-corrected chi connectivity index (χ0v) is 14.8. The summed E-state index contributed by atoms with van der Waals surface area (Å²) < 4.78 is 1.17. The van der Waals surface area contributed by atoms with Crippen LogP contribution in [0.1, 0.15) is 38.2 Å². The zero-order chi connectivity index (χ0) is 14.8. The van der Waals surface area contributed by atoms with Gasteiger partial charge in [0.25, 0.3) is 0 Å². The molecule has 1 N–H and O–H groups in total. The Morgan fingerprint density at radius 2 is 2.14 bits per heavy atom. The van der Waals surface area contributed by atoms with E-state index in [1.807, 2.05) is 0 Å². The predicted molar refractivity (Wildman–Crippen MR) is 93.7 cm³/mol. The maximum absolute atomic E-state index is 3.61. The first-order valence-corrected chi connectivity index (χ1v) is 9.17. The summed E-state index contributed by atoms with van der Waals surface area (Å²) in [6.07, 6.45) is 5.94. The van der Waals surface area contributed by atoms with Gasteiger partial charge >= 0.3 is 0 Å². The number of halogens is 1. The lowest BCUT2D eigenvalue weighted by molar-refractivity contribution is 0.337. The summed E-state index contributed by atoms with van der Waals surface area (Å²) in [5.74, 6) is 2.97. The Labute approximate surface area is 137 Å². The number of hydrogen-bond donors (Lipinski definition) is 1. The molecule has 0 saturated heterocycles. The predicted octanol–water partition coefficient (Wildman–Crippen LogP) is 4.43. The van der Waals surface area contributed by atoms with Gasteiger partial charge in [-0.15, -0.1) is 0 Å². The fourth-order valence-electron chi connectivity index (χ4n) is 4.38. The minimum absolute atomic E-state index is 0.921. The molecule has 0 amide bonds.